The quantitative estimate of drug-likeness (QED) is 0.775. The van der Waals surface area contributed by atoms with E-state index in [2.05, 4.69) is 4.98 Å². The van der Waals surface area contributed by atoms with Crippen molar-refractivity contribution in [2.24, 2.45) is 5.92 Å². The van der Waals surface area contributed by atoms with E-state index in [0.29, 0.717) is 6.42 Å². The van der Waals surface area contributed by atoms with Crippen LogP contribution in [0.25, 0.3) is 0 Å². The normalized spacial score (nSPS) is 25.7. The van der Waals surface area contributed by atoms with Crippen LogP contribution in [0.1, 0.15) is 36.1 Å². The maximum Gasteiger partial charge on any atom is 0.417 e. The molecule has 2 bridgehead atoms. The number of carbonyl (C=O) groups is 1. The molecule has 0 aromatic carbocycles. The minimum absolute atomic E-state index is 0.0191. The highest BCUT2D eigenvalue weighted by atomic mass is 19.4. The number of ether oxygens (including phenoxy) is 1. The van der Waals surface area contributed by atoms with Crippen LogP contribution in [0.4, 0.5) is 19.0 Å². The van der Waals surface area contributed by atoms with Gasteiger partial charge in [0.15, 0.2) is 0 Å². The number of anilines is 1. The van der Waals surface area contributed by atoms with Crippen molar-refractivity contribution < 1.29 is 22.7 Å². The van der Waals surface area contributed by atoms with E-state index in [0.717, 1.165) is 18.9 Å². The number of hydrogen-bond acceptors (Lipinski definition) is 5. The Balaban J connectivity index is 2.17. The Bertz CT molecular complexity index is 727. The van der Waals surface area contributed by atoms with Gasteiger partial charge in [0.25, 0.3) is 0 Å². The lowest BCUT2D eigenvalue weighted by atomic mass is 9.97. The largest absolute Gasteiger partial charge is 0.467 e. The smallest absolute Gasteiger partial charge is 0.417 e. The van der Waals surface area contributed by atoms with Gasteiger partial charge in [0.05, 0.1) is 12.7 Å². The molecule has 128 valence electrons. The number of pyridine rings is 1. The highest BCUT2D eigenvalue weighted by Crippen LogP contribution is 2.47. The van der Waals surface area contributed by atoms with Gasteiger partial charge in [-0.25, -0.2) is 9.78 Å². The average Bonchev–Trinajstić information content (AvgIpc) is 3.13. The Labute approximate surface area is 137 Å². The number of alkyl halides is 3. The molecule has 1 saturated heterocycles. The molecule has 3 atom stereocenters. The predicted molar refractivity (Wildman–Crippen MR) is 78.1 cm³/mol. The summed E-state index contributed by atoms with van der Waals surface area (Å²) in [6.45, 7) is 1.45. The van der Waals surface area contributed by atoms with E-state index >= 15 is 0 Å². The molecule has 0 amide bonds. The van der Waals surface area contributed by atoms with Crippen LogP contribution < -0.4 is 4.90 Å². The number of hydrogen-bond donors (Lipinski definition) is 0. The number of rotatable bonds is 2. The first-order valence-electron chi connectivity index (χ1n) is 7.63. The number of methoxy groups -OCH3 is 1. The number of piperidine rings is 1. The van der Waals surface area contributed by atoms with Gasteiger partial charge in [-0.15, -0.1) is 0 Å². The topological polar surface area (TPSA) is 66.2 Å². The van der Waals surface area contributed by atoms with E-state index in [4.69, 9.17) is 4.74 Å². The van der Waals surface area contributed by atoms with Crippen molar-refractivity contribution >= 4 is 11.8 Å². The second-order valence-corrected chi connectivity index (χ2v) is 6.22. The maximum absolute atomic E-state index is 13.3. The number of aryl methyl sites for hydroxylation is 1. The highest BCUT2D eigenvalue weighted by molar-refractivity contribution is 5.82. The molecular weight excluding hydrogens is 323 g/mol. The second-order valence-electron chi connectivity index (χ2n) is 6.22. The van der Waals surface area contributed by atoms with E-state index < -0.39 is 29.3 Å². The summed E-state index contributed by atoms with van der Waals surface area (Å²) in [5.74, 6) is -0.541. The summed E-state index contributed by atoms with van der Waals surface area (Å²) in [4.78, 5) is 17.9. The van der Waals surface area contributed by atoms with Crippen LogP contribution in [0.2, 0.25) is 0 Å². The fourth-order valence-corrected chi connectivity index (χ4v) is 3.89. The number of halogens is 3. The summed E-state index contributed by atoms with van der Waals surface area (Å²) in [7, 11) is 1.25. The van der Waals surface area contributed by atoms with Gasteiger partial charge >= 0.3 is 12.1 Å². The van der Waals surface area contributed by atoms with Crippen LogP contribution in [0.5, 0.6) is 0 Å². The molecule has 3 rings (SSSR count). The monoisotopic (exact) mass is 339 g/mol. The number of carbonyl (C=O) groups excluding carboxylic acids is 1. The fourth-order valence-electron chi connectivity index (χ4n) is 3.89. The van der Waals surface area contributed by atoms with E-state index in [1.165, 1.54) is 14.0 Å². The Kier molecular flexibility index (Phi) is 3.90. The minimum atomic E-state index is -4.66. The van der Waals surface area contributed by atoms with Crippen LogP contribution in [-0.2, 0) is 15.7 Å². The number of nitrogens with zero attached hydrogens (tertiary/aromatic N) is 3. The van der Waals surface area contributed by atoms with Gasteiger partial charge in [-0.05, 0) is 38.2 Å². The zero-order valence-electron chi connectivity index (χ0n) is 13.2. The first-order valence-corrected chi connectivity index (χ1v) is 7.63. The molecule has 1 aliphatic heterocycles. The van der Waals surface area contributed by atoms with Gasteiger partial charge in [0.2, 0.25) is 0 Å². The van der Waals surface area contributed by atoms with Gasteiger partial charge in [0, 0.05) is 11.7 Å². The molecule has 2 heterocycles. The lowest BCUT2D eigenvalue weighted by Gasteiger charge is -2.35. The molecule has 5 nitrogen and oxygen atoms in total. The second kappa shape index (κ2) is 5.65. The average molecular weight is 339 g/mol. The van der Waals surface area contributed by atoms with Gasteiger partial charge in [-0.1, -0.05) is 0 Å². The van der Waals surface area contributed by atoms with Gasteiger partial charge < -0.3 is 9.64 Å². The van der Waals surface area contributed by atoms with Crippen LogP contribution >= 0.6 is 0 Å². The lowest BCUT2D eigenvalue weighted by molar-refractivity contribution is -0.143. The first-order chi connectivity index (χ1) is 11.3. The standard InChI is InChI=1S/C16H16F3N3O2/c1-8-5-12(16(17,18)19)11(7-20)14(21-8)22-10-4-3-9(6-10)13(22)15(23)24-2/h5,9-10,13H,3-4,6H2,1-2H3/t9-,10+,13-/m0/s1. The van der Waals surface area contributed by atoms with E-state index in [1.54, 1.807) is 11.0 Å². The Morgan fingerprint density at radius 2 is 2.17 bits per heavy atom. The molecule has 1 aromatic rings. The molecule has 1 aliphatic carbocycles. The molecule has 0 radical (unpaired) electrons. The van der Waals surface area contributed by atoms with Crippen molar-refractivity contribution in [3.05, 3.63) is 22.9 Å². The SMILES string of the molecule is COC(=O)[C@@H]1[C@H]2CC[C@H](C2)N1c1nc(C)cc(C(F)(F)F)c1C#N. The van der Waals surface area contributed by atoms with Crippen LogP contribution in [0.15, 0.2) is 6.07 Å². The fraction of sp³-hybridized carbons (Fsp3) is 0.562. The van der Waals surface area contributed by atoms with Crippen LogP contribution in [-0.4, -0.2) is 30.1 Å². The number of aromatic nitrogens is 1. The van der Waals surface area contributed by atoms with E-state index in [9.17, 15) is 23.2 Å². The molecule has 1 saturated carbocycles. The van der Waals surface area contributed by atoms with Crippen molar-refractivity contribution in [1.29, 1.82) is 5.26 Å². The first kappa shape index (κ1) is 16.6. The summed E-state index contributed by atoms with van der Waals surface area (Å²) in [6, 6.07) is 1.72. The summed E-state index contributed by atoms with van der Waals surface area (Å²) in [5.41, 5.74) is -1.39. The molecular formula is C16H16F3N3O2. The third-order valence-electron chi connectivity index (χ3n) is 4.82. The number of nitriles is 1. The minimum Gasteiger partial charge on any atom is -0.467 e. The van der Waals surface area contributed by atoms with E-state index in [-0.39, 0.29) is 23.5 Å². The Morgan fingerprint density at radius 1 is 1.46 bits per heavy atom. The Hall–Kier alpha value is -2.30. The summed E-state index contributed by atoms with van der Waals surface area (Å²) >= 11 is 0. The molecule has 1 aromatic heterocycles. The molecule has 2 fully saturated rings. The molecule has 0 N–H and O–H groups in total. The summed E-state index contributed by atoms with van der Waals surface area (Å²) < 4.78 is 44.7. The summed E-state index contributed by atoms with van der Waals surface area (Å²) in [6.07, 6.45) is -2.38. The zero-order valence-corrected chi connectivity index (χ0v) is 13.2. The van der Waals surface area contributed by atoms with Gasteiger partial charge in [-0.2, -0.15) is 18.4 Å². The molecule has 2 aliphatic rings. The van der Waals surface area contributed by atoms with Crippen LogP contribution in [0.3, 0.4) is 0 Å². The number of fused-ring (bicyclic) bond motifs is 2. The van der Waals surface area contributed by atoms with Crippen molar-refractivity contribution in [3.8, 4) is 6.07 Å². The van der Waals surface area contributed by atoms with Gasteiger partial charge in [-0.3, -0.25) is 0 Å². The van der Waals surface area contributed by atoms with Gasteiger partial charge in [0.1, 0.15) is 23.5 Å². The Morgan fingerprint density at radius 3 is 2.75 bits per heavy atom. The molecule has 8 heteroatoms. The zero-order chi connectivity index (χ0) is 17.6. The third kappa shape index (κ3) is 2.48. The lowest BCUT2D eigenvalue weighted by Crippen LogP contribution is -2.47. The molecule has 0 spiro atoms. The predicted octanol–water partition coefficient (Wildman–Crippen LogP) is 2.81. The van der Waals surface area contributed by atoms with E-state index in [1.807, 2.05) is 0 Å². The molecule has 24 heavy (non-hydrogen) atoms. The maximum atomic E-state index is 13.3. The van der Waals surface area contributed by atoms with Crippen LogP contribution in [0, 0.1) is 24.2 Å². The third-order valence-corrected chi connectivity index (χ3v) is 4.82. The van der Waals surface area contributed by atoms with Crippen molar-refractivity contribution in [3.63, 3.8) is 0 Å². The number of esters is 1. The van der Waals surface area contributed by atoms with Crippen molar-refractivity contribution in [2.45, 2.75) is 44.4 Å². The van der Waals surface area contributed by atoms with Crippen molar-refractivity contribution in [1.82, 2.24) is 4.98 Å². The highest BCUT2D eigenvalue weighted by Gasteiger charge is 2.51. The summed E-state index contributed by atoms with van der Waals surface area (Å²) in [5, 5.41) is 9.33. The van der Waals surface area contributed by atoms with Crippen molar-refractivity contribution in [2.75, 3.05) is 12.0 Å². The molecule has 0 unspecified atom stereocenters.